The van der Waals surface area contributed by atoms with Crippen molar-refractivity contribution < 1.29 is 75.4 Å². The number of halogens is 12. The summed E-state index contributed by atoms with van der Waals surface area (Å²) in [6, 6.07) is 13.0. The standard InChI is InChI=1S/C19H17F6NO2S.C15H8F6O2.C4H11NOS/c1-18(2,3)29(27)26-16(11-4-6-13(20)7-5-11)12-8-14(21)10-15(9-12)28-19(24,25)17(22)23;16-10-3-1-8(2-4-10)13(22)9-5-11(17)7-12(6-9)23-15(20,21)14(18)19;1-4(2,3)7(5)6/h4-10,17H,1-3H3;1-7,14H;5H2,1-3H3/t29-;;7-/m1.1/s1. The maximum Gasteiger partial charge on any atom is 0.461 e. The van der Waals surface area contributed by atoms with E-state index in [1.165, 1.54) is 12.1 Å². The molecule has 2 N–H and O–H groups in total. The van der Waals surface area contributed by atoms with Crippen molar-refractivity contribution in [2.24, 2.45) is 9.54 Å². The Balaban J connectivity index is 0.000000356. The Labute approximate surface area is 335 Å². The minimum absolute atomic E-state index is 0.0384. The van der Waals surface area contributed by atoms with Crippen LogP contribution in [0.5, 0.6) is 11.5 Å². The fraction of sp³-hybridized carbons (Fsp3) is 0.316. The van der Waals surface area contributed by atoms with Gasteiger partial charge >= 0.3 is 25.1 Å². The van der Waals surface area contributed by atoms with Crippen LogP contribution in [0.1, 0.15) is 68.6 Å². The summed E-state index contributed by atoms with van der Waals surface area (Å²) in [5, 5.41) is 5.04. The molecular weight excluding hydrogens is 857 g/mol. The second kappa shape index (κ2) is 20.5. The second-order valence-corrected chi connectivity index (χ2v) is 17.6. The van der Waals surface area contributed by atoms with Crippen LogP contribution in [0, 0.1) is 23.3 Å². The molecule has 21 heteroatoms. The molecule has 0 saturated heterocycles. The molecule has 0 aliphatic heterocycles. The zero-order valence-corrected chi connectivity index (χ0v) is 33.3. The molecule has 0 saturated carbocycles. The number of nitrogens with zero attached hydrogens (tertiary/aromatic N) is 1. The number of alkyl halides is 8. The smallest absolute Gasteiger partial charge is 0.428 e. The fourth-order valence-corrected chi connectivity index (χ4v) is 4.43. The van der Waals surface area contributed by atoms with Gasteiger partial charge in [-0.1, -0.05) is 0 Å². The Morgan fingerprint density at radius 2 is 0.915 bits per heavy atom. The molecule has 0 bridgehead atoms. The van der Waals surface area contributed by atoms with Gasteiger partial charge in [-0.15, -0.1) is 0 Å². The molecule has 0 unspecified atom stereocenters. The Kier molecular flexibility index (Phi) is 17.5. The average molecular weight is 893 g/mol. The maximum atomic E-state index is 14.0. The Morgan fingerprint density at radius 1 is 0.559 bits per heavy atom. The van der Waals surface area contributed by atoms with Gasteiger partial charge in [-0.2, -0.15) is 39.5 Å². The Bertz CT molecular complexity index is 2120. The van der Waals surface area contributed by atoms with Crippen molar-refractivity contribution in [2.45, 2.75) is 76.1 Å². The fourth-order valence-electron chi connectivity index (χ4n) is 3.78. The van der Waals surface area contributed by atoms with E-state index in [0.29, 0.717) is 18.2 Å². The third-order valence-electron chi connectivity index (χ3n) is 6.82. The van der Waals surface area contributed by atoms with Crippen LogP contribution in [-0.4, -0.2) is 54.5 Å². The first-order valence-electron chi connectivity index (χ1n) is 16.5. The first kappa shape index (κ1) is 50.4. The van der Waals surface area contributed by atoms with Gasteiger partial charge in [0.2, 0.25) is 0 Å². The van der Waals surface area contributed by atoms with Gasteiger partial charge in [0, 0.05) is 34.4 Å². The molecule has 0 aliphatic carbocycles. The van der Waals surface area contributed by atoms with Gasteiger partial charge in [0.15, 0.2) is 5.78 Å². The molecule has 0 aliphatic rings. The largest absolute Gasteiger partial charge is 0.461 e. The summed E-state index contributed by atoms with van der Waals surface area (Å²) in [6.07, 6.45) is -17.9. The topological polar surface area (TPSA) is 108 Å². The molecule has 0 amide bonds. The predicted molar refractivity (Wildman–Crippen MR) is 198 cm³/mol. The van der Waals surface area contributed by atoms with E-state index in [1.54, 1.807) is 20.8 Å². The van der Waals surface area contributed by atoms with Crippen LogP contribution in [-0.2, 0) is 22.0 Å². The highest BCUT2D eigenvalue weighted by Crippen LogP contribution is 2.31. The lowest BCUT2D eigenvalue weighted by molar-refractivity contribution is -0.253. The molecule has 2 atom stereocenters. The van der Waals surface area contributed by atoms with Crippen LogP contribution in [0.15, 0.2) is 89.3 Å². The highest BCUT2D eigenvalue weighted by molar-refractivity contribution is 7.85. The quantitative estimate of drug-likeness (QED) is 0.0917. The van der Waals surface area contributed by atoms with E-state index in [2.05, 4.69) is 13.9 Å². The van der Waals surface area contributed by atoms with E-state index >= 15 is 0 Å². The van der Waals surface area contributed by atoms with Gasteiger partial charge in [0.05, 0.1) is 26.2 Å². The average Bonchev–Trinajstić information content (AvgIpc) is 3.09. The highest BCUT2D eigenvalue weighted by Gasteiger charge is 2.45. The van der Waals surface area contributed by atoms with Crippen LogP contribution in [0.4, 0.5) is 52.7 Å². The molecule has 7 nitrogen and oxygen atoms in total. The minimum Gasteiger partial charge on any atom is -0.428 e. The monoisotopic (exact) mass is 892 g/mol. The van der Waals surface area contributed by atoms with Gasteiger partial charge in [-0.05, 0) is 114 Å². The number of ether oxygens (including phenoxy) is 2. The van der Waals surface area contributed by atoms with E-state index in [-0.39, 0.29) is 27.1 Å². The van der Waals surface area contributed by atoms with Crippen molar-refractivity contribution >= 4 is 33.5 Å². The van der Waals surface area contributed by atoms with Crippen LogP contribution >= 0.6 is 0 Å². The molecule has 4 aromatic rings. The summed E-state index contributed by atoms with van der Waals surface area (Å²) < 4.78 is 188. The van der Waals surface area contributed by atoms with Crippen molar-refractivity contribution in [2.75, 3.05) is 0 Å². The minimum atomic E-state index is -4.84. The molecule has 0 spiro atoms. The zero-order chi connectivity index (χ0) is 45.3. The lowest BCUT2D eigenvalue weighted by Gasteiger charge is -2.18. The molecule has 0 aromatic heterocycles. The lowest BCUT2D eigenvalue weighted by Crippen LogP contribution is -2.33. The van der Waals surface area contributed by atoms with Gasteiger partial charge < -0.3 is 9.47 Å². The summed E-state index contributed by atoms with van der Waals surface area (Å²) in [7, 11) is -3.03. The van der Waals surface area contributed by atoms with E-state index in [1.807, 2.05) is 20.8 Å². The number of hydrogen-bond donors (Lipinski definition) is 1. The van der Waals surface area contributed by atoms with Gasteiger partial charge in [0.1, 0.15) is 45.8 Å². The highest BCUT2D eigenvalue weighted by atomic mass is 32.2. The Morgan fingerprint density at radius 3 is 1.27 bits per heavy atom. The molecule has 0 fully saturated rings. The van der Waals surface area contributed by atoms with E-state index in [0.717, 1.165) is 54.6 Å². The number of benzene rings is 4. The second-order valence-electron chi connectivity index (χ2n) is 13.8. The van der Waals surface area contributed by atoms with Crippen LogP contribution in [0.3, 0.4) is 0 Å². The number of carbonyl (C=O) groups is 1. The van der Waals surface area contributed by atoms with E-state index in [9.17, 15) is 65.9 Å². The number of ketones is 1. The molecule has 59 heavy (non-hydrogen) atoms. The number of nitrogens with two attached hydrogens (primary N) is 1. The summed E-state index contributed by atoms with van der Waals surface area (Å²) in [6.45, 7) is 10.4. The summed E-state index contributed by atoms with van der Waals surface area (Å²) in [4.78, 5) is 12.1. The van der Waals surface area contributed by atoms with E-state index in [4.69, 9.17) is 5.14 Å². The molecule has 324 valence electrons. The van der Waals surface area contributed by atoms with E-state index < -0.39 is 97.9 Å². The van der Waals surface area contributed by atoms with Crippen molar-refractivity contribution in [1.29, 1.82) is 0 Å². The first-order valence-corrected chi connectivity index (χ1v) is 18.8. The van der Waals surface area contributed by atoms with Gasteiger partial charge in [-0.25, -0.2) is 26.0 Å². The van der Waals surface area contributed by atoms with Crippen molar-refractivity contribution in [1.82, 2.24) is 0 Å². The molecule has 0 radical (unpaired) electrons. The summed E-state index contributed by atoms with van der Waals surface area (Å²) in [5.41, 5.74) is -0.501. The lowest BCUT2D eigenvalue weighted by atomic mass is 10.0. The third kappa shape index (κ3) is 16.1. The Hall–Kier alpha value is -4.76. The normalized spacial score (nSPS) is 13.5. The molecule has 4 aromatic carbocycles. The molecular formula is C38H36F12N2O5S2. The van der Waals surface area contributed by atoms with Gasteiger partial charge in [0.25, 0.3) is 0 Å². The van der Waals surface area contributed by atoms with Crippen LogP contribution < -0.4 is 14.6 Å². The molecule has 4 rings (SSSR count). The third-order valence-corrected chi connectivity index (χ3v) is 9.42. The SMILES string of the molecule is CC(C)(C)[S@@](=O)N=C(c1ccc(F)cc1)c1cc(F)cc(OC(F)(F)C(F)F)c1.CC(C)(C)[S@](N)=O.O=C(c1ccc(F)cc1)c1cc(F)cc(OC(F)(F)C(F)F)c1. The predicted octanol–water partition coefficient (Wildman–Crippen LogP) is 10.3. The summed E-state index contributed by atoms with van der Waals surface area (Å²) >= 11 is 0. The van der Waals surface area contributed by atoms with Crippen LogP contribution in [0.25, 0.3) is 0 Å². The number of carbonyl (C=O) groups excluding carboxylic acids is 1. The van der Waals surface area contributed by atoms with Gasteiger partial charge in [-0.3, -0.25) is 9.93 Å². The summed E-state index contributed by atoms with van der Waals surface area (Å²) in [5.74, 6) is -6.00. The number of rotatable bonds is 11. The van der Waals surface area contributed by atoms with Crippen LogP contribution in [0.2, 0.25) is 0 Å². The number of hydrogen-bond acceptors (Lipinski definition) is 5. The zero-order valence-electron chi connectivity index (χ0n) is 31.7. The van der Waals surface area contributed by atoms with Crippen molar-refractivity contribution in [3.8, 4) is 11.5 Å². The molecule has 0 heterocycles. The van der Waals surface area contributed by atoms with Crippen molar-refractivity contribution in [3.05, 3.63) is 130 Å². The van der Waals surface area contributed by atoms with Crippen molar-refractivity contribution in [3.63, 3.8) is 0 Å². The first-order chi connectivity index (χ1) is 26.9. The maximum absolute atomic E-state index is 14.0.